The summed E-state index contributed by atoms with van der Waals surface area (Å²) < 4.78 is 18.4. The van der Waals surface area contributed by atoms with Gasteiger partial charge in [0, 0.05) is 31.5 Å². The number of pyridine rings is 1. The van der Waals surface area contributed by atoms with Gasteiger partial charge in [-0.15, -0.1) is 0 Å². The zero-order valence-corrected chi connectivity index (χ0v) is 26.3. The number of alkyl carbamates (subject to hydrolysis) is 1. The number of ether oxygens (including phenoxy) is 3. The van der Waals surface area contributed by atoms with Gasteiger partial charge < -0.3 is 35.1 Å². The quantitative estimate of drug-likeness (QED) is 0.135. The molecule has 2 aromatic heterocycles. The summed E-state index contributed by atoms with van der Waals surface area (Å²) >= 11 is 0. The van der Waals surface area contributed by atoms with Crippen molar-refractivity contribution in [3.05, 3.63) is 66.0 Å². The van der Waals surface area contributed by atoms with E-state index in [0.717, 1.165) is 22.0 Å². The summed E-state index contributed by atoms with van der Waals surface area (Å²) in [6.45, 7) is 8.91. The molecule has 2 aromatic carbocycles. The van der Waals surface area contributed by atoms with E-state index in [0.29, 0.717) is 49.9 Å². The number of aryl methyl sites for hydroxylation is 1. The maximum atomic E-state index is 13.3. The lowest BCUT2D eigenvalue weighted by atomic mass is 10.1. The smallest absolute Gasteiger partial charge is 0.408 e. The number of anilines is 1. The van der Waals surface area contributed by atoms with E-state index in [4.69, 9.17) is 24.9 Å². The summed E-state index contributed by atoms with van der Waals surface area (Å²) in [6.07, 6.45) is -0.223. The van der Waals surface area contributed by atoms with Crippen LogP contribution in [0, 0.1) is 0 Å². The number of rotatable bonds is 14. The standard InChI is InChI=1S/C33H42N6O6/c1-5-43-21-26-38-28-29(23-14-9-10-15-24(23)36-30(28)34)39(26)19-11-18-35-31(41)25(16-17-27(40)45-33(2,3)4)37-32(42)44-20-22-12-7-6-8-13-22/h6-10,12-15,25H,5,11,16-21H2,1-4H3,(H2,34,36)(H,35,41)(H,37,42)/t25-/m0/s1. The zero-order valence-electron chi connectivity index (χ0n) is 26.3. The van der Waals surface area contributed by atoms with Gasteiger partial charge in [0.1, 0.15) is 36.2 Å². The number of imidazole rings is 1. The van der Waals surface area contributed by atoms with Crippen molar-refractivity contribution in [3.8, 4) is 0 Å². The molecule has 4 N–H and O–H groups in total. The third kappa shape index (κ3) is 9.39. The molecule has 0 fully saturated rings. The van der Waals surface area contributed by atoms with E-state index in [1.165, 1.54) is 0 Å². The molecule has 0 unspecified atom stereocenters. The molecule has 0 bridgehead atoms. The number of amides is 2. The number of aromatic nitrogens is 3. The van der Waals surface area contributed by atoms with Gasteiger partial charge in [0.15, 0.2) is 5.82 Å². The lowest BCUT2D eigenvalue weighted by Crippen LogP contribution is -2.47. The first-order valence-corrected chi connectivity index (χ1v) is 15.1. The predicted octanol–water partition coefficient (Wildman–Crippen LogP) is 4.63. The Kier molecular flexibility index (Phi) is 11.3. The second-order valence-corrected chi connectivity index (χ2v) is 11.6. The molecule has 0 aliphatic rings. The van der Waals surface area contributed by atoms with Crippen LogP contribution in [0.4, 0.5) is 10.6 Å². The molecule has 0 radical (unpaired) electrons. The SMILES string of the molecule is CCOCc1nc2c(N)nc3ccccc3c2n1CCCNC(=O)[C@H](CCC(=O)OC(C)(C)C)NC(=O)OCc1ccccc1. The van der Waals surface area contributed by atoms with E-state index < -0.39 is 29.6 Å². The summed E-state index contributed by atoms with van der Waals surface area (Å²) in [5.41, 5.74) is 8.64. The number of carbonyl (C=O) groups excluding carboxylic acids is 3. The van der Waals surface area contributed by atoms with Gasteiger partial charge in [-0.2, -0.15) is 0 Å². The lowest BCUT2D eigenvalue weighted by molar-refractivity contribution is -0.155. The van der Waals surface area contributed by atoms with Crippen LogP contribution in [0.5, 0.6) is 0 Å². The lowest BCUT2D eigenvalue weighted by Gasteiger charge is -2.21. The van der Waals surface area contributed by atoms with Gasteiger partial charge in [0.05, 0.1) is 11.0 Å². The van der Waals surface area contributed by atoms with E-state index in [1.54, 1.807) is 20.8 Å². The van der Waals surface area contributed by atoms with Gasteiger partial charge in [0.25, 0.3) is 0 Å². The number of benzene rings is 2. The van der Waals surface area contributed by atoms with E-state index in [1.807, 2.05) is 61.5 Å². The molecule has 0 saturated heterocycles. The van der Waals surface area contributed by atoms with Crippen molar-refractivity contribution in [2.45, 2.75) is 78.4 Å². The fourth-order valence-corrected chi connectivity index (χ4v) is 4.85. The topological polar surface area (TPSA) is 160 Å². The second kappa shape index (κ2) is 15.3. The van der Waals surface area contributed by atoms with Crippen LogP contribution in [0.25, 0.3) is 21.9 Å². The Morgan fingerprint density at radius 2 is 1.73 bits per heavy atom. The number of fused-ring (bicyclic) bond motifs is 3. The molecule has 240 valence electrons. The molecule has 0 saturated carbocycles. The zero-order chi connectivity index (χ0) is 32.4. The van der Waals surface area contributed by atoms with Crippen LogP contribution >= 0.6 is 0 Å². The Balaban J connectivity index is 1.42. The van der Waals surface area contributed by atoms with Crippen molar-refractivity contribution in [1.82, 2.24) is 25.2 Å². The normalized spacial score (nSPS) is 12.2. The van der Waals surface area contributed by atoms with Crippen molar-refractivity contribution in [2.75, 3.05) is 18.9 Å². The summed E-state index contributed by atoms with van der Waals surface area (Å²) in [4.78, 5) is 47.5. The molecular weight excluding hydrogens is 576 g/mol. The number of nitrogens with two attached hydrogens (primary N) is 1. The summed E-state index contributed by atoms with van der Waals surface area (Å²) in [7, 11) is 0. The monoisotopic (exact) mass is 618 g/mol. The van der Waals surface area contributed by atoms with Gasteiger partial charge in [-0.05, 0) is 52.2 Å². The van der Waals surface area contributed by atoms with Gasteiger partial charge in [-0.25, -0.2) is 14.8 Å². The van der Waals surface area contributed by atoms with Gasteiger partial charge in [0.2, 0.25) is 5.91 Å². The molecule has 4 aromatic rings. The van der Waals surface area contributed by atoms with E-state index in [2.05, 4.69) is 20.2 Å². The van der Waals surface area contributed by atoms with Crippen LogP contribution in [-0.4, -0.2) is 57.3 Å². The average Bonchev–Trinajstić information content (AvgIpc) is 3.38. The maximum Gasteiger partial charge on any atom is 0.408 e. The third-order valence-corrected chi connectivity index (χ3v) is 6.86. The van der Waals surface area contributed by atoms with Crippen molar-refractivity contribution in [2.24, 2.45) is 0 Å². The molecule has 12 heteroatoms. The number of carbonyl (C=O) groups is 3. The highest BCUT2D eigenvalue weighted by molar-refractivity contribution is 6.06. The van der Waals surface area contributed by atoms with E-state index in [-0.39, 0.29) is 19.4 Å². The number of hydrogen-bond acceptors (Lipinski definition) is 9. The van der Waals surface area contributed by atoms with Crippen LogP contribution in [0.1, 0.15) is 58.3 Å². The fraction of sp³-hybridized carbons (Fsp3) is 0.424. The van der Waals surface area contributed by atoms with Gasteiger partial charge in [-0.3, -0.25) is 9.59 Å². The first-order chi connectivity index (χ1) is 21.6. The maximum absolute atomic E-state index is 13.3. The van der Waals surface area contributed by atoms with Gasteiger partial charge in [-0.1, -0.05) is 48.5 Å². The van der Waals surface area contributed by atoms with Gasteiger partial charge >= 0.3 is 12.1 Å². The van der Waals surface area contributed by atoms with Crippen molar-refractivity contribution in [3.63, 3.8) is 0 Å². The minimum absolute atomic E-state index is 0.0457. The van der Waals surface area contributed by atoms with Crippen molar-refractivity contribution >= 4 is 45.7 Å². The van der Waals surface area contributed by atoms with Crippen LogP contribution in [-0.2, 0) is 43.6 Å². The Labute approximate surface area is 262 Å². The van der Waals surface area contributed by atoms with Crippen LogP contribution in [0.2, 0.25) is 0 Å². The molecule has 2 amide bonds. The van der Waals surface area contributed by atoms with E-state index >= 15 is 0 Å². The van der Waals surface area contributed by atoms with E-state index in [9.17, 15) is 14.4 Å². The highest BCUT2D eigenvalue weighted by Gasteiger charge is 2.25. The molecule has 45 heavy (non-hydrogen) atoms. The molecule has 0 spiro atoms. The van der Waals surface area contributed by atoms with Crippen molar-refractivity contribution in [1.29, 1.82) is 0 Å². The number of nitrogens with zero attached hydrogens (tertiary/aromatic N) is 3. The minimum atomic E-state index is -1.00. The molecule has 0 aliphatic heterocycles. The average molecular weight is 619 g/mol. The largest absolute Gasteiger partial charge is 0.460 e. The molecule has 1 atom stereocenters. The summed E-state index contributed by atoms with van der Waals surface area (Å²) in [5.74, 6) is 0.154. The molecule has 2 heterocycles. The highest BCUT2D eigenvalue weighted by atomic mass is 16.6. The predicted molar refractivity (Wildman–Crippen MR) is 171 cm³/mol. The molecular formula is C33H42N6O6. The fourth-order valence-electron chi connectivity index (χ4n) is 4.85. The van der Waals surface area contributed by atoms with Crippen molar-refractivity contribution < 1.29 is 28.6 Å². The number of nitrogen functional groups attached to an aromatic ring is 1. The number of para-hydroxylation sites is 1. The number of hydrogen-bond donors (Lipinski definition) is 3. The number of nitrogens with one attached hydrogen (secondary N) is 2. The highest BCUT2D eigenvalue weighted by Crippen LogP contribution is 2.29. The Bertz CT molecular complexity index is 1620. The Hall–Kier alpha value is -4.71. The summed E-state index contributed by atoms with van der Waals surface area (Å²) in [5, 5.41) is 6.42. The second-order valence-electron chi connectivity index (χ2n) is 11.6. The van der Waals surface area contributed by atoms with Crippen LogP contribution in [0.15, 0.2) is 54.6 Å². The summed E-state index contributed by atoms with van der Waals surface area (Å²) in [6, 6.07) is 15.9. The Morgan fingerprint density at radius 1 is 1.00 bits per heavy atom. The van der Waals surface area contributed by atoms with Crippen LogP contribution in [0.3, 0.4) is 0 Å². The third-order valence-electron chi connectivity index (χ3n) is 6.86. The molecule has 0 aliphatic carbocycles. The molecule has 4 rings (SSSR count). The molecule has 12 nitrogen and oxygen atoms in total. The Morgan fingerprint density at radius 3 is 2.47 bits per heavy atom. The number of esters is 1. The first-order valence-electron chi connectivity index (χ1n) is 15.1. The first kappa shape index (κ1) is 33.2. The minimum Gasteiger partial charge on any atom is -0.460 e. The van der Waals surface area contributed by atoms with Crippen LogP contribution < -0.4 is 16.4 Å².